The lowest BCUT2D eigenvalue weighted by molar-refractivity contribution is -0.131. The van der Waals surface area contributed by atoms with Crippen LogP contribution in [0.5, 0.6) is 0 Å². The highest BCUT2D eigenvalue weighted by Gasteiger charge is 2.36. The van der Waals surface area contributed by atoms with Crippen LogP contribution in [0.3, 0.4) is 0 Å². The predicted octanol–water partition coefficient (Wildman–Crippen LogP) is 0.194. The van der Waals surface area contributed by atoms with Crippen molar-refractivity contribution in [2.24, 2.45) is 0 Å². The molecule has 0 bridgehead atoms. The van der Waals surface area contributed by atoms with Crippen LogP contribution in [0, 0.1) is 6.92 Å². The van der Waals surface area contributed by atoms with E-state index < -0.39 is 0 Å². The molecule has 2 amide bonds. The highest BCUT2D eigenvalue weighted by atomic mass is 16.2. The van der Waals surface area contributed by atoms with Crippen molar-refractivity contribution in [1.82, 2.24) is 25.1 Å². The van der Waals surface area contributed by atoms with E-state index in [4.69, 9.17) is 0 Å². The normalized spacial score (nSPS) is 21.5. The summed E-state index contributed by atoms with van der Waals surface area (Å²) in [6.07, 6.45) is 1.69. The number of piperazine rings is 2. The Morgan fingerprint density at radius 1 is 1.33 bits per heavy atom. The first-order valence-corrected chi connectivity index (χ1v) is 8.17. The third-order valence-electron chi connectivity index (χ3n) is 4.79. The second-order valence-corrected chi connectivity index (χ2v) is 6.27. The summed E-state index contributed by atoms with van der Waals surface area (Å²) in [5.41, 5.74) is 1.89. The van der Waals surface area contributed by atoms with Crippen molar-refractivity contribution in [3.05, 3.63) is 35.7 Å². The second-order valence-electron chi connectivity index (χ2n) is 6.27. The largest absolute Gasteiger partial charge is 0.353 e. The molecule has 0 unspecified atom stereocenters. The number of carbonyl (C=O) groups is 2. The molecule has 0 radical (unpaired) electrons. The molecule has 2 aliphatic rings. The predicted molar refractivity (Wildman–Crippen MR) is 88.5 cm³/mol. The highest BCUT2D eigenvalue weighted by Crippen LogP contribution is 2.19. The number of rotatable bonds is 1. The van der Waals surface area contributed by atoms with Crippen LogP contribution < -0.4 is 5.32 Å². The fraction of sp³-hybridized carbons (Fsp3) is 0.412. The lowest BCUT2D eigenvalue weighted by Crippen LogP contribution is -2.64. The Morgan fingerprint density at radius 2 is 2.21 bits per heavy atom. The molecular formula is C17H19N5O2. The number of hydrogen-bond donors (Lipinski definition) is 1. The van der Waals surface area contributed by atoms with Crippen molar-refractivity contribution >= 4 is 22.8 Å². The summed E-state index contributed by atoms with van der Waals surface area (Å²) in [7, 11) is 0. The molecule has 2 fully saturated rings. The van der Waals surface area contributed by atoms with E-state index in [2.05, 4.69) is 20.2 Å². The van der Waals surface area contributed by atoms with Crippen LogP contribution >= 0.6 is 0 Å². The fourth-order valence-electron chi connectivity index (χ4n) is 3.44. The van der Waals surface area contributed by atoms with Crippen molar-refractivity contribution < 1.29 is 9.59 Å². The van der Waals surface area contributed by atoms with Crippen LogP contribution in [0.1, 0.15) is 16.1 Å². The second kappa shape index (κ2) is 5.83. The molecule has 124 valence electrons. The maximum absolute atomic E-state index is 13.0. The van der Waals surface area contributed by atoms with Crippen LogP contribution in [-0.4, -0.2) is 70.3 Å². The Kier molecular flexibility index (Phi) is 3.65. The van der Waals surface area contributed by atoms with Gasteiger partial charge in [-0.05, 0) is 25.1 Å². The van der Waals surface area contributed by atoms with Crippen LogP contribution in [0.4, 0.5) is 0 Å². The Bertz CT molecular complexity index is 822. The summed E-state index contributed by atoms with van der Waals surface area (Å²) in [6.45, 7) is 5.14. The first kappa shape index (κ1) is 15.0. The molecule has 4 rings (SSSR count). The summed E-state index contributed by atoms with van der Waals surface area (Å²) in [4.78, 5) is 37.6. The number of hydrogen-bond acceptors (Lipinski definition) is 5. The smallest absolute Gasteiger partial charge is 0.255 e. The zero-order valence-corrected chi connectivity index (χ0v) is 13.5. The van der Waals surface area contributed by atoms with Gasteiger partial charge in [-0.15, -0.1) is 0 Å². The SMILES string of the molecule is Cc1nc2ncccc2cc1C(=O)N1CCN2CCNC(=O)[C@H]2C1. The Morgan fingerprint density at radius 3 is 3.08 bits per heavy atom. The molecule has 0 saturated carbocycles. The van der Waals surface area contributed by atoms with E-state index in [1.165, 1.54) is 0 Å². The van der Waals surface area contributed by atoms with Crippen LogP contribution in [0.2, 0.25) is 0 Å². The number of aryl methyl sites for hydroxylation is 1. The fourth-order valence-corrected chi connectivity index (χ4v) is 3.44. The van der Waals surface area contributed by atoms with Gasteiger partial charge in [0.25, 0.3) is 5.91 Å². The molecule has 0 aromatic carbocycles. The molecule has 2 aromatic heterocycles. The molecule has 4 heterocycles. The van der Waals surface area contributed by atoms with Crippen LogP contribution in [0.15, 0.2) is 24.4 Å². The van der Waals surface area contributed by atoms with E-state index in [0.29, 0.717) is 36.5 Å². The third kappa shape index (κ3) is 2.50. The van der Waals surface area contributed by atoms with Gasteiger partial charge >= 0.3 is 0 Å². The first-order valence-electron chi connectivity index (χ1n) is 8.17. The molecule has 1 atom stereocenters. The maximum atomic E-state index is 13.0. The van der Waals surface area contributed by atoms with Gasteiger partial charge in [0.1, 0.15) is 6.04 Å². The highest BCUT2D eigenvalue weighted by molar-refractivity contribution is 5.98. The molecule has 24 heavy (non-hydrogen) atoms. The number of aromatic nitrogens is 2. The van der Waals surface area contributed by atoms with Crippen LogP contribution in [-0.2, 0) is 4.79 Å². The van der Waals surface area contributed by atoms with Gasteiger partial charge in [0.05, 0.1) is 11.3 Å². The van der Waals surface area contributed by atoms with Gasteiger partial charge in [-0.25, -0.2) is 9.97 Å². The van der Waals surface area contributed by atoms with E-state index in [0.717, 1.165) is 18.5 Å². The van der Waals surface area contributed by atoms with Gasteiger partial charge in [-0.2, -0.15) is 0 Å². The Balaban J connectivity index is 1.62. The first-order chi connectivity index (χ1) is 11.6. The zero-order valence-electron chi connectivity index (χ0n) is 13.5. The number of nitrogens with zero attached hydrogens (tertiary/aromatic N) is 4. The van der Waals surface area contributed by atoms with Gasteiger partial charge in [0.2, 0.25) is 5.91 Å². The van der Waals surface area contributed by atoms with E-state index >= 15 is 0 Å². The minimum atomic E-state index is -0.244. The number of fused-ring (bicyclic) bond motifs is 2. The molecule has 7 heteroatoms. The summed E-state index contributed by atoms with van der Waals surface area (Å²) >= 11 is 0. The van der Waals surface area contributed by atoms with Crippen molar-refractivity contribution in [2.45, 2.75) is 13.0 Å². The van der Waals surface area contributed by atoms with Gasteiger partial charge in [-0.1, -0.05) is 0 Å². The summed E-state index contributed by atoms with van der Waals surface area (Å²) in [6, 6.07) is 5.34. The molecule has 2 aromatic rings. The van der Waals surface area contributed by atoms with E-state index in [1.807, 2.05) is 25.1 Å². The molecule has 0 aliphatic carbocycles. The number of carbonyl (C=O) groups excluding carboxylic acids is 2. The minimum absolute atomic E-state index is 0.0105. The van der Waals surface area contributed by atoms with E-state index in [9.17, 15) is 9.59 Å². The van der Waals surface area contributed by atoms with Gasteiger partial charge in [-0.3, -0.25) is 14.5 Å². The lowest BCUT2D eigenvalue weighted by Gasteiger charge is -2.43. The molecule has 2 saturated heterocycles. The van der Waals surface area contributed by atoms with E-state index in [1.54, 1.807) is 11.1 Å². The van der Waals surface area contributed by atoms with E-state index in [-0.39, 0.29) is 17.9 Å². The minimum Gasteiger partial charge on any atom is -0.353 e. The van der Waals surface area contributed by atoms with Gasteiger partial charge in [0, 0.05) is 44.3 Å². The summed E-state index contributed by atoms with van der Waals surface area (Å²) in [5, 5.41) is 3.72. The van der Waals surface area contributed by atoms with Crippen molar-refractivity contribution in [2.75, 3.05) is 32.7 Å². The maximum Gasteiger partial charge on any atom is 0.255 e. The molecule has 7 nitrogen and oxygen atoms in total. The lowest BCUT2D eigenvalue weighted by atomic mass is 10.1. The van der Waals surface area contributed by atoms with Crippen LogP contribution in [0.25, 0.3) is 11.0 Å². The molecular weight excluding hydrogens is 306 g/mol. The number of nitrogens with one attached hydrogen (secondary N) is 1. The average molecular weight is 325 g/mol. The average Bonchev–Trinajstić information content (AvgIpc) is 2.60. The number of pyridine rings is 2. The topological polar surface area (TPSA) is 78.4 Å². The van der Waals surface area contributed by atoms with Crippen molar-refractivity contribution in [3.63, 3.8) is 0 Å². The summed E-state index contributed by atoms with van der Waals surface area (Å²) < 4.78 is 0. The summed E-state index contributed by atoms with van der Waals surface area (Å²) in [5.74, 6) is -0.0555. The monoisotopic (exact) mass is 325 g/mol. The number of amides is 2. The van der Waals surface area contributed by atoms with Crippen molar-refractivity contribution in [3.8, 4) is 0 Å². The Hall–Kier alpha value is -2.54. The zero-order chi connectivity index (χ0) is 16.7. The molecule has 2 aliphatic heterocycles. The van der Waals surface area contributed by atoms with Crippen molar-refractivity contribution in [1.29, 1.82) is 0 Å². The molecule has 1 N–H and O–H groups in total. The Labute approximate surface area is 139 Å². The standard InChI is InChI=1S/C17H19N5O2/c1-11-13(9-12-3-2-4-18-15(12)20-11)17(24)22-8-7-21-6-5-19-16(23)14(21)10-22/h2-4,9,14H,5-8,10H2,1H3,(H,19,23)/t14-/m1/s1. The van der Waals surface area contributed by atoms with Gasteiger partial charge < -0.3 is 10.2 Å². The third-order valence-corrected chi connectivity index (χ3v) is 4.79. The van der Waals surface area contributed by atoms with Gasteiger partial charge in [0.15, 0.2) is 5.65 Å². The quantitative estimate of drug-likeness (QED) is 0.810. The molecule has 0 spiro atoms.